The second-order valence-electron chi connectivity index (χ2n) is 6.32. The summed E-state index contributed by atoms with van der Waals surface area (Å²) >= 11 is 1.77. The second kappa shape index (κ2) is 7.87. The highest BCUT2D eigenvalue weighted by molar-refractivity contribution is 7.98. The largest absolute Gasteiger partial charge is 0.338 e. The maximum Gasteiger partial charge on any atom is 0.237 e. The van der Waals surface area contributed by atoms with Gasteiger partial charge in [0.1, 0.15) is 0 Å². The molecule has 0 amide bonds. The number of piperazine rings is 1. The summed E-state index contributed by atoms with van der Waals surface area (Å²) in [4.78, 5) is 8.16. The van der Waals surface area contributed by atoms with Crippen LogP contribution >= 0.6 is 24.2 Å². The van der Waals surface area contributed by atoms with Gasteiger partial charge in [0.05, 0.1) is 11.8 Å². The third-order valence-corrected chi connectivity index (χ3v) is 5.70. The zero-order chi connectivity index (χ0) is 15.6. The van der Waals surface area contributed by atoms with Crippen LogP contribution in [0.4, 0.5) is 0 Å². The first-order valence-electron chi connectivity index (χ1n) is 8.27. The molecule has 4 rings (SSSR count). The molecule has 1 unspecified atom stereocenters. The summed E-state index contributed by atoms with van der Waals surface area (Å²) in [6.07, 6.45) is 3.74. The number of likely N-dealkylation sites (N-methyl/N-ethyl adjacent to an activating group) is 1. The maximum atomic E-state index is 5.44. The van der Waals surface area contributed by atoms with Gasteiger partial charge in [-0.1, -0.05) is 11.2 Å². The number of hydrogen-bond acceptors (Lipinski definition) is 6. The van der Waals surface area contributed by atoms with Gasteiger partial charge in [-0.3, -0.25) is 4.90 Å². The van der Waals surface area contributed by atoms with E-state index in [-0.39, 0.29) is 18.4 Å². The standard InChI is InChI=1S/C17H22N4OS.ClH/c1-21-8-7-18-10-15(21)17-19-16(22-20-17)11-23-14-6-5-12-3-2-4-13(12)9-14;/h5-6,9,15,18H,2-4,7-8,10-11H2,1H3;1H. The molecule has 1 saturated heterocycles. The molecule has 0 saturated carbocycles. The van der Waals surface area contributed by atoms with Crippen LogP contribution in [-0.4, -0.2) is 41.7 Å². The first-order valence-corrected chi connectivity index (χ1v) is 9.26. The van der Waals surface area contributed by atoms with Crippen molar-refractivity contribution >= 4 is 24.2 Å². The number of fused-ring (bicyclic) bond motifs is 1. The molecule has 1 N–H and O–H groups in total. The summed E-state index contributed by atoms with van der Waals surface area (Å²) in [6, 6.07) is 7.02. The number of nitrogens with one attached hydrogen (secondary N) is 1. The molecule has 5 nitrogen and oxygen atoms in total. The van der Waals surface area contributed by atoms with Crippen LogP contribution in [-0.2, 0) is 18.6 Å². The Labute approximate surface area is 153 Å². The average Bonchev–Trinajstić information content (AvgIpc) is 3.22. The minimum absolute atomic E-state index is 0. The van der Waals surface area contributed by atoms with Gasteiger partial charge >= 0.3 is 0 Å². The van der Waals surface area contributed by atoms with Crippen LogP contribution in [0.25, 0.3) is 0 Å². The predicted molar refractivity (Wildman–Crippen MR) is 97.8 cm³/mol. The maximum absolute atomic E-state index is 5.44. The van der Waals surface area contributed by atoms with Crippen LogP contribution < -0.4 is 5.32 Å². The summed E-state index contributed by atoms with van der Waals surface area (Å²) in [5, 5.41) is 7.57. The van der Waals surface area contributed by atoms with E-state index in [4.69, 9.17) is 4.52 Å². The molecule has 1 aromatic carbocycles. The number of rotatable bonds is 4. The molecule has 0 spiro atoms. The number of aryl methyl sites for hydroxylation is 2. The van der Waals surface area contributed by atoms with Crippen molar-refractivity contribution in [3.8, 4) is 0 Å². The number of halogens is 1. The summed E-state index contributed by atoms with van der Waals surface area (Å²) in [5.41, 5.74) is 3.03. The summed E-state index contributed by atoms with van der Waals surface area (Å²) in [5.74, 6) is 2.24. The number of nitrogens with zero attached hydrogens (tertiary/aromatic N) is 3. The number of aromatic nitrogens is 2. The molecule has 0 radical (unpaired) electrons. The molecule has 2 aliphatic rings. The van der Waals surface area contributed by atoms with Crippen LogP contribution in [0.2, 0.25) is 0 Å². The SMILES string of the molecule is CN1CCNCC1c1noc(CSc2ccc3c(c2)CCC3)n1.Cl. The highest BCUT2D eigenvalue weighted by Crippen LogP contribution is 2.29. The number of benzene rings is 1. The summed E-state index contributed by atoms with van der Waals surface area (Å²) < 4.78 is 5.44. The Morgan fingerprint density at radius 1 is 1.33 bits per heavy atom. The van der Waals surface area contributed by atoms with Gasteiger partial charge < -0.3 is 9.84 Å². The van der Waals surface area contributed by atoms with Crippen molar-refractivity contribution in [2.75, 3.05) is 26.7 Å². The van der Waals surface area contributed by atoms with Crippen molar-refractivity contribution < 1.29 is 4.52 Å². The van der Waals surface area contributed by atoms with E-state index in [9.17, 15) is 0 Å². The lowest BCUT2D eigenvalue weighted by molar-refractivity contribution is 0.190. The Morgan fingerprint density at radius 2 is 2.21 bits per heavy atom. The zero-order valence-electron chi connectivity index (χ0n) is 13.8. The van der Waals surface area contributed by atoms with Crippen molar-refractivity contribution in [2.24, 2.45) is 0 Å². The van der Waals surface area contributed by atoms with Crippen LogP contribution in [0.15, 0.2) is 27.6 Å². The molecule has 1 fully saturated rings. The predicted octanol–water partition coefficient (Wildman–Crippen LogP) is 2.85. The van der Waals surface area contributed by atoms with Gasteiger partial charge in [0, 0.05) is 24.5 Å². The Kier molecular flexibility index (Phi) is 5.81. The number of thioether (sulfide) groups is 1. The second-order valence-corrected chi connectivity index (χ2v) is 7.37. The van der Waals surface area contributed by atoms with Gasteiger partial charge in [-0.05, 0) is 49.6 Å². The lowest BCUT2D eigenvalue weighted by Gasteiger charge is -2.30. The van der Waals surface area contributed by atoms with Gasteiger partial charge in [-0.15, -0.1) is 24.2 Å². The van der Waals surface area contributed by atoms with Crippen molar-refractivity contribution in [1.29, 1.82) is 0 Å². The van der Waals surface area contributed by atoms with E-state index in [0.717, 1.165) is 31.2 Å². The molecule has 1 aliphatic carbocycles. The molecule has 1 aromatic heterocycles. The van der Waals surface area contributed by atoms with Gasteiger partial charge in [0.2, 0.25) is 5.89 Å². The Hall–Kier alpha value is -1.08. The molecule has 1 aliphatic heterocycles. The van der Waals surface area contributed by atoms with E-state index in [0.29, 0.717) is 5.89 Å². The number of hydrogen-bond donors (Lipinski definition) is 1. The fraction of sp³-hybridized carbons (Fsp3) is 0.529. The van der Waals surface area contributed by atoms with Crippen LogP contribution in [0.3, 0.4) is 0 Å². The average molecular weight is 367 g/mol. The lowest BCUT2D eigenvalue weighted by atomic mass is 10.1. The summed E-state index contributed by atoms with van der Waals surface area (Å²) in [6.45, 7) is 2.91. The molecular formula is C17H23ClN4OS. The molecule has 2 aromatic rings. The Bertz CT molecular complexity index is 693. The minimum Gasteiger partial charge on any atom is -0.338 e. The van der Waals surface area contributed by atoms with Crippen molar-refractivity contribution in [1.82, 2.24) is 20.4 Å². The molecule has 24 heavy (non-hydrogen) atoms. The minimum atomic E-state index is 0. The summed E-state index contributed by atoms with van der Waals surface area (Å²) in [7, 11) is 2.11. The topological polar surface area (TPSA) is 54.2 Å². The molecular weight excluding hydrogens is 344 g/mol. The van der Waals surface area contributed by atoms with E-state index in [1.54, 1.807) is 11.8 Å². The van der Waals surface area contributed by atoms with Crippen molar-refractivity contribution in [3.63, 3.8) is 0 Å². The molecule has 130 valence electrons. The monoisotopic (exact) mass is 366 g/mol. The smallest absolute Gasteiger partial charge is 0.237 e. The molecule has 0 bridgehead atoms. The third-order valence-electron chi connectivity index (χ3n) is 4.73. The molecule has 1 atom stereocenters. The first-order chi connectivity index (χ1) is 11.3. The fourth-order valence-corrected chi connectivity index (χ4v) is 4.14. The van der Waals surface area contributed by atoms with Crippen molar-refractivity contribution in [2.45, 2.75) is 36.0 Å². The van der Waals surface area contributed by atoms with Crippen LogP contribution in [0.5, 0.6) is 0 Å². The van der Waals surface area contributed by atoms with Crippen LogP contribution in [0, 0.1) is 0 Å². The van der Waals surface area contributed by atoms with E-state index in [1.165, 1.54) is 35.3 Å². The Balaban J connectivity index is 0.00000169. The quantitative estimate of drug-likeness (QED) is 0.840. The third kappa shape index (κ3) is 3.77. The molecule has 7 heteroatoms. The highest BCUT2D eigenvalue weighted by Gasteiger charge is 2.25. The lowest BCUT2D eigenvalue weighted by Crippen LogP contribution is -2.44. The Morgan fingerprint density at radius 3 is 3.08 bits per heavy atom. The zero-order valence-corrected chi connectivity index (χ0v) is 15.5. The van der Waals surface area contributed by atoms with Gasteiger partial charge in [0.15, 0.2) is 5.82 Å². The van der Waals surface area contributed by atoms with E-state index >= 15 is 0 Å². The van der Waals surface area contributed by atoms with Gasteiger partial charge in [0.25, 0.3) is 0 Å². The van der Waals surface area contributed by atoms with Crippen molar-refractivity contribution in [3.05, 3.63) is 41.0 Å². The van der Waals surface area contributed by atoms with Gasteiger partial charge in [-0.25, -0.2) is 0 Å². The normalized spacial score (nSPS) is 20.6. The van der Waals surface area contributed by atoms with E-state index < -0.39 is 0 Å². The first kappa shape index (κ1) is 17.7. The molecule has 2 heterocycles. The van der Waals surface area contributed by atoms with Crippen LogP contribution in [0.1, 0.15) is 35.3 Å². The van der Waals surface area contributed by atoms with E-state index in [1.807, 2.05) is 0 Å². The van der Waals surface area contributed by atoms with Gasteiger partial charge in [-0.2, -0.15) is 4.98 Å². The van der Waals surface area contributed by atoms with E-state index in [2.05, 4.69) is 45.6 Å². The highest BCUT2D eigenvalue weighted by atomic mass is 35.5. The fourth-order valence-electron chi connectivity index (χ4n) is 3.34.